The first kappa shape index (κ1) is 17.4. The molecule has 8 heteroatoms. The Balaban J connectivity index is 1.44. The average Bonchev–Trinajstić information content (AvgIpc) is 3.35. The lowest BCUT2D eigenvalue weighted by Gasteiger charge is -2.15. The molecule has 1 aromatic carbocycles. The fourth-order valence-corrected chi connectivity index (χ4v) is 3.81. The highest BCUT2D eigenvalue weighted by Crippen LogP contribution is 2.14. The minimum absolute atomic E-state index is 0.0146. The number of anilines is 1. The van der Waals surface area contributed by atoms with Crippen molar-refractivity contribution in [3.63, 3.8) is 0 Å². The average molecular weight is 382 g/mol. The molecule has 27 heavy (non-hydrogen) atoms. The number of thiazole rings is 1. The summed E-state index contributed by atoms with van der Waals surface area (Å²) >= 11 is 1.33. The maximum atomic E-state index is 12.4. The van der Waals surface area contributed by atoms with Crippen molar-refractivity contribution >= 4 is 33.8 Å². The molecule has 3 aromatic rings. The number of amides is 2. The van der Waals surface area contributed by atoms with E-state index in [0.29, 0.717) is 17.1 Å². The van der Waals surface area contributed by atoms with Gasteiger partial charge >= 0.3 is 0 Å². The van der Waals surface area contributed by atoms with E-state index in [1.54, 1.807) is 23.7 Å². The number of carbonyl (C=O) groups excluding carboxylic acids is 2. The Labute approximate surface area is 159 Å². The van der Waals surface area contributed by atoms with Crippen LogP contribution in [-0.4, -0.2) is 39.2 Å². The smallest absolute Gasteiger partial charge is 0.271 e. The van der Waals surface area contributed by atoms with E-state index in [9.17, 15) is 14.4 Å². The standard InChI is InChI=1S/C19H18N4O3S/c24-16(22-7-1-2-8-22)11-13-3-5-14(6-4-13)21-17(25)15-12-20-19-23(18(15)26)9-10-27-19/h3-6,9-10,12H,1-2,7-8,11H2,(H,21,25). The minimum Gasteiger partial charge on any atom is -0.342 e. The van der Waals surface area contributed by atoms with Gasteiger partial charge in [-0.3, -0.25) is 18.8 Å². The molecule has 138 valence electrons. The number of hydrogen-bond donors (Lipinski definition) is 1. The number of hydrogen-bond acceptors (Lipinski definition) is 5. The molecule has 0 bridgehead atoms. The van der Waals surface area contributed by atoms with Gasteiger partial charge in [0.05, 0.1) is 6.42 Å². The normalized spacial score (nSPS) is 13.9. The summed E-state index contributed by atoms with van der Waals surface area (Å²) in [5.74, 6) is -0.374. The third kappa shape index (κ3) is 3.61. The van der Waals surface area contributed by atoms with E-state index in [-0.39, 0.29) is 11.5 Å². The van der Waals surface area contributed by atoms with Crippen LogP contribution in [0.1, 0.15) is 28.8 Å². The van der Waals surface area contributed by atoms with Gasteiger partial charge in [-0.05, 0) is 30.5 Å². The van der Waals surface area contributed by atoms with Crippen LogP contribution in [0.4, 0.5) is 5.69 Å². The van der Waals surface area contributed by atoms with Crippen LogP contribution in [-0.2, 0) is 11.2 Å². The Hall–Kier alpha value is -3.00. The molecule has 0 radical (unpaired) electrons. The van der Waals surface area contributed by atoms with Gasteiger partial charge in [-0.15, -0.1) is 11.3 Å². The van der Waals surface area contributed by atoms with Crippen molar-refractivity contribution in [2.45, 2.75) is 19.3 Å². The summed E-state index contributed by atoms with van der Waals surface area (Å²) in [5.41, 5.74) is 1.05. The molecule has 0 aliphatic carbocycles. The summed E-state index contributed by atoms with van der Waals surface area (Å²) in [6, 6.07) is 7.10. The molecule has 3 heterocycles. The molecule has 0 unspecified atom stereocenters. The van der Waals surface area contributed by atoms with Crippen LogP contribution >= 0.6 is 11.3 Å². The molecule has 1 saturated heterocycles. The highest BCUT2D eigenvalue weighted by atomic mass is 32.1. The van der Waals surface area contributed by atoms with E-state index in [2.05, 4.69) is 10.3 Å². The Morgan fingerprint density at radius 3 is 2.63 bits per heavy atom. The van der Waals surface area contributed by atoms with E-state index in [4.69, 9.17) is 0 Å². The van der Waals surface area contributed by atoms with Gasteiger partial charge in [-0.2, -0.15) is 0 Å². The topological polar surface area (TPSA) is 83.8 Å². The number of carbonyl (C=O) groups is 2. The summed E-state index contributed by atoms with van der Waals surface area (Å²) in [4.78, 5) is 43.5. The van der Waals surface area contributed by atoms with E-state index in [0.717, 1.165) is 31.5 Å². The predicted octanol–water partition coefficient (Wildman–Crippen LogP) is 2.17. The SMILES string of the molecule is O=C(Nc1ccc(CC(=O)N2CCCC2)cc1)c1cnc2sccn2c1=O. The Morgan fingerprint density at radius 2 is 1.89 bits per heavy atom. The first-order valence-electron chi connectivity index (χ1n) is 8.75. The van der Waals surface area contributed by atoms with E-state index in [1.165, 1.54) is 21.9 Å². The molecule has 7 nitrogen and oxygen atoms in total. The molecular weight excluding hydrogens is 364 g/mol. The molecule has 1 aliphatic rings. The van der Waals surface area contributed by atoms with Gasteiger partial charge in [0, 0.05) is 36.6 Å². The lowest BCUT2D eigenvalue weighted by atomic mass is 10.1. The second-order valence-electron chi connectivity index (χ2n) is 6.45. The Bertz CT molecular complexity index is 1050. The van der Waals surface area contributed by atoms with Gasteiger partial charge in [0.1, 0.15) is 5.56 Å². The third-order valence-corrected chi connectivity index (χ3v) is 5.38. The first-order chi connectivity index (χ1) is 13.1. The van der Waals surface area contributed by atoms with E-state index in [1.807, 2.05) is 17.0 Å². The summed E-state index contributed by atoms with van der Waals surface area (Å²) in [6.45, 7) is 1.68. The van der Waals surface area contributed by atoms with Gasteiger partial charge in [0.25, 0.3) is 11.5 Å². The molecule has 2 aromatic heterocycles. The molecule has 1 N–H and O–H groups in total. The maximum absolute atomic E-state index is 12.4. The van der Waals surface area contributed by atoms with Gasteiger partial charge in [0.15, 0.2) is 4.96 Å². The van der Waals surface area contributed by atoms with Crippen LogP contribution in [0.3, 0.4) is 0 Å². The predicted molar refractivity (Wildman–Crippen MR) is 103 cm³/mol. The highest BCUT2D eigenvalue weighted by Gasteiger charge is 2.18. The quantitative estimate of drug-likeness (QED) is 0.750. The van der Waals surface area contributed by atoms with Crippen molar-refractivity contribution in [2.75, 3.05) is 18.4 Å². The van der Waals surface area contributed by atoms with Crippen molar-refractivity contribution in [3.05, 3.63) is 63.5 Å². The number of aromatic nitrogens is 2. The largest absolute Gasteiger partial charge is 0.342 e. The second-order valence-corrected chi connectivity index (χ2v) is 7.32. The number of likely N-dealkylation sites (tertiary alicyclic amines) is 1. The van der Waals surface area contributed by atoms with Crippen LogP contribution < -0.4 is 10.9 Å². The zero-order valence-electron chi connectivity index (χ0n) is 14.6. The van der Waals surface area contributed by atoms with Crippen molar-refractivity contribution in [2.24, 2.45) is 0 Å². The fraction of sp³-hybridized carbons (Fsp3) is 0.263. The van der Waals surface area contributed by atoms with Crippen molar-refractivity contribution in [1.82, 2.24) is 14.3 Å². The van der Waals surface area contributed by atoms with Gasteiger partial charge in [0.2, 0.25) is 5.91 Å². The van der Waals surface area contributed by atoms with Crippen LogP contribution in [0, 0.1) is 0 Å². The number of nitrogens with one attached hydrogen (secondary N) is 1. The first-order valence-corrected chi connectivity index (χ1v) is 9.63. The number of rotatable bonds is 4. The second kappa shape index (κ2) is 7.32. The summed E-state index contributed by atoms with van der Waals surface area (Å²) in [7, 11) is 0. The van der Waals surface area contributed by atoms with Gasteiger partial charge in [-0.25, -0.2) is 4.98 Å². The lowest BCUT2D eigenvalue weighted by Crippen LogP contribution is -2.29. The number of fused-ring (bicyclic) bond motifs is 1. The van der Waals surface area contributed by atoms with Crippen LogP contribution in [0.25, 0.3) is 4.96 Å². The van der Waals surface area contributed by atoms with Crippen molar-refractivity contribution in [1.29, 1.82) is 0 Å². The van der Waals surface area contributed by atoms with Crippen LogP contribution in [0.2, 0.25) is 0 Å². The van der Waals surface area contributed by atoms with E-state index >= 15 is 0 Å². The summed E-state index contributed by atoms with van der Waals surface area (Å²) < 4.78 is 1.35. The van der Waals surface area contributed by atoms with Crippen LogP contribution in [0.5, 0.6) is 0 Å². The van der Waals surface area contributed by atoms with Crippen LogP contribution in [0.15, 0.2) is 46.8 Å². The molecule has 1 fully saturated rings. The molecule has 2 amide bonds. The monoisotopic (exact) mass is 382 g/mol. The zero-order valence-corrected chi connectivity index (χ0v) is 15.4. The molecule has 0 atom stereocenters. The Morgan fingerprint density at radius 1 is 1.15 bits per heavy atom. The third-order valence-electron chi connectivity index (χ3n) is 4.61. The van der Waals surface area contributed by atoms with Gasteiger partial charge in [-0.1, -0.05) is 12.1 Å². The molecule has 0 spiro atoms. The molecular formula is C19H18N4O3S. The number of nitrogens with zero attached hydrogens (tertiary/aromatic N) is 3. The lowest BCUT2D eigenvalue weighted by molar-refractivity contribution is -0.129. The summed E-state index contributed by atoms with van der Waals surface area (Å²) in [5, 5.41) is 4.45. The molecule has 4 rings (SSSR count). The Kier molecular flexibility index (Phi) is 4.72. The van der Waals surface area contributed by atoms with Crippen molar-refractivity contribution in [3.8, 4) is 0 Å². The highest BCUT2D eigenvalue weighted by molar-refractivity contribution is 7.15. The minimum atomic E-state index is -0.506. The maximum Gasteiger partial charge on any atom is 0.271 e. The van der Waals surface area contributed by atoms with Gasteiger partial charge < -0.3 is 10.2 Å². The summed E-state index contributed by atoms with van der Waals surface area (Å²) in [6.07, 6.45) is 5.39. The fourth-order valence-electron chi connectivity index (χ4n) is 3.14. The zero-order chi connectivity index (χ0) is 18.8. The van der Waals surface area contributed by atoms with E-state index < -0.39 is 11.5 Å². The molecule has 0 saturated carbocycles. The van der Waals surface area contributed by atoms with Crippen molar-refractivity contribution < 1.29 is 9.59 Å². The molecule has 1 aliphatic heterocycles. The number of benzene rings is 1.